The zero-order valence-electron chi connectivity index (χ0n) is 9.19. The van der Waals surface area contributed by atoms with E-state index in [0.29, 0.717) is 6.54 Å². The fourth-order valence-corrected chi connectivity index (χ4v) is 2.69. The van der Waals surface area contributed by atoms with Gasteiger partial charge in [0, 0.05) is 36.5 Å². The number of thiazole rings is 1. The molecule has 0 aromatic carbocycles. The van der Waals surface area contributed by atoms with Gasteiger partial charge in [-0.25, -0.2) is 4.98 Å². The molecule has 0 bridgehead atoms. The van der Waals surface area contributed by atoms with E-state index in [-0.39, 0.29) is 17.9 Å². The number of nitrogens with zero attached hydrogens (tertiary/aromatic N) is 1. The maximum absolute atomic E-state index is 11.7. The molecule has 2 atom stereocenters. The summed E-state index contributed by atoms with van der Waals surface area (Å²) in [5, 5.41) is 5.98. The second kappa shape index (κ2) is 5.41. The van der Waals surface area contributed by atoms with E-state index in [9.17, 15) is 4.79 Å². The Morgan fingerprint density at radius 2 is 2.50 bits per heavy atom. The highest BCUT2D eigenvalue weighted by Crippen LogP contribution is 2.23. The third-order valence-corrected chi connectivity index (χ3v) is 3.80. The first-order chi connectivity index (χ1) is 7.75. The number of nitrogens with two attached hydrogens (primary N) is 1. The number of amides is 1. The van der Waals surface area contributed by atoms with Crippen LogP contribution >= 0.6 is 11.3 Å². The SMILES string of the molecule is NC1CCC(C(=O)NCCc2nccs2)C1. The van der Waals surface area contributed by atoms with Gasteiger partial charge in [-0.2, -0.15) is 0 Å². The molecule has 88 valence electrons. The van der Waals surface area contributed by atoms with Crippen molar-refractivity contribution in [1.82, 2.24) is 10.3 Å². The summed E-state index contributed by atoms with van der Waals surface area (Å²) in [6.45, 7) is 0.679. The van der Waals surface area contributed by atoms with Gasteiger partial charge in [0.15, 0.2) is 0 Å². The molecule has 4 nitrogen and oxygen atoms in total. The molecule has 0 aliphatic heterocycles. The van der Waals surface area contributed by atoms with Crippen molar-refractivity contribution in [3.63, 3.8) is 0 Å². The standard InChI is InChI=1S/C11H17N3OS/c12-9-2-1-8(7-9)11(15)14-4-3-10-13-5-6-16-10/h5-6,8-9H,1-4,7,12H2,(H,14,15). The van der Waals surface area contributed by atoms with Crippen molar-refractivity contribution in [1.29, 1.82) is 0 Å². The molecule has 1 aliphatic carbocycles. The quantitative estimate of drug-likeness (QED) is 0.821. The average Bonchev–Trinajstić information content (AvgIpc) is 2.89. The van der Waals surface area contributed by atoms with Gasteiger partial charge in [-0.3, -0.25) is 4.79 Å². The number of hydrogen-bond acceptors (Lipinski definition) is 4. The maximum atomic E-state index is 11.7. The molecule has 2 rings (SSSR count). The Morgan fingerprint density at radius 1 is 1.62 bits per heavy atom. The number of hydrogen-bond donors (Lipinski definition) is 2. The highest BCUT2D eigenvalue weighted by atomic mass is 32.1. The molecule has 1 fully saturated rings. The third-order valence-electron chi connectivity index (χ3n) is 2.97. The van der Waals surface area contributed by atoms with E-state index in [1.807, 2.05) is 5.38 Å². The van der Waals surface area contributed by atoms with E-state index in [1.165, 1.54) is 0 Å². The van der Waals surface area contributed by atoms with Gasteiger partial charge < -0.3 is 11.1 Å². The lowest BCUT2D eigenvalue weighted by molar-refractivity contribution is -0.124. The lowest BCUT2D eigenvalue weighted by atomic mass is 10.1. The number of carbonyl (C=O) groups is 1. The first-order valence-corrected chi connectivity index (χ1v) is 6.55. The summed E-state index contributed by atoms with van der Waals surface area (Å²) in [7, 11) is 0. The zero-order chi connectivity index (χ0) is 11.4. The van der Waals surface area contributed by atoms with Crippen molar-refractivity contribution in [2.75, 3.05) is 6.54 Å². The van der Waals surface area contributed by atoms with E-state index in [4.69, 9.17) is 5.73 Å². The second-order valence-corrected chi connectivity index (χ2v) is 5.22. The largest absolute Gasteiger partial charge is 0.355 e. The van der Waals surface area contributed by atoms with E-state index >= 15 is 0 Å². The molecule has 5 heteroatoms. The molecule has 0 radical (unpaired) electrons. The molecular formula is C11H17N3OS. The van der Waals surface area contributed by atoms with Crippen molar-refractivity contribution in [3.8, 4) is 0 Å². The smallest absolute Gasteiger partial charge is 0.223 e. The minimum atomic E-state index is 0.131. The number of rotatable bonds is 4. The topological polar surface area (TPSA) is 68.0 Å². The first kappa shape index (κ1) is 11.5. The monoisotopic (exact) mass is 239 g/mol. The third kappa shape index (κ3) is 3.02. The first-order valence-electron chi connectivity index (χ1n) is 5.67. The van der Waals surface area contributed by atoms with Gasteiger partial charge in [-0.05, 0) is 19.3 Å². The summed E-state index contributed by atoms with van der Waals surface area (Å²) in [6.07, 6.45) is 5.36. The molecule has 0 spiro atoms. The fraction of sp³-hybridized carbons (Fsp3) is 0.636. The van der Waals surface area contributed by atoms with E-state index in [2.05, 4.69) is 10.3 Å². The second-order valence-electron chi connectivity index (χ2n) is 4.24. The normalized spacial score (nSPS) is 24.6. The van der Waals surface area contributed by atoms with Crippen LogP contribution in [-0.4, -0.2) is 23.5 Å². The van der Waals surface area contributed by atoms with Gasteiger partial charge >= 0.3 is 0 Å². The molecule has 1 aromatic heterocycles. The Labute approximate surface area is 99.3 Å². The van der Waals surface area contributed by atoms with Crippen LogP contribution in [0.3, 0.4) is 0 Å². The summed E-state index contributed by atoms with van der Waals surface area (Å²) in [5.74, 6) is 0.288. The van der Waals surface area contributed by atoms with Crippen LogP contribution in [0.15, 0.2) is 11.6 Å². The van der Waals surface area contributed by atoms with Crippen LogP contribution in [0.2, 0.25) is 0 Å². The molecule has 1 aliphatic rings. The number of carbonyl (C=O) groups excluding carboxylic acids is 1. The number of nitrogens with one attached hydrogen (secondary N) is 1. The van der Waals surface area contributed by atoms with Gasteiger partial charge in [0.05, 0.1) is 5.01 Å². The van der Waals surface area contributed by atoms with Crippen LogP contribution in [0.5, 0.6) is 0 Å². The van der Waals surface area contributed by atoms with Crippen molar-refractivity contribution in [2.24, 2.45) is 11.7 Å². The van der Waals surface area contributed by atoms with Gasteiger partial charge in [-0.1, -0.05) is 0 Å². The number of aromatic nitrogens is 1. The van der Waals surface area contributed by atoms with Crippen molar-refractivity contribution < 1.29 is 4.79 Å². The predicted molar refractivity (Wildman–Crippen MR) is 64.1 cm³/mol. The van der Waals surface area contributed by atoms with Crippen LogP contribution in [-0.2, 0) is 11.2 Å². The fourth-order valence-electron chi connectivity index (χ4n) is 2.07. The van der Waals surface area contributed by atoms with Crippen LogP contribution in [0.1, 0.15) is 24.3 Å². The minimum Gasteiger partial charge on any atom is -0.355 e. The Balaban J connectivity index is 1.68. The molecule has 16 heavy (non-hydrogen) atoms. The Morgan fingerprint density at radius 3 is 3.12 bits per heavy atom. The molecule has 1 aromatic rings. The van der Waals surface area contributed by atoms with Crippen LogP contribution in [0.4, 0.5) is 0 Å². The zero-order valence-corrected chi connectivity index (χ0v) is 10.0. The van der Waals surface area contributed by atoms with Crippen molar-refractivity contribution in [3.05, 3.63) is 16.6 Å². The molecule has 0 saturated heterocycles. The molecule has 2 unspecified atom stereocenters. The highest BCUT2D eigenvalue weighted by Gasteiger charge is 2.27. The summed E-state index contributed by atoms with van der Waals surface area (Å²) < 4.78 is 0. The summed E-state index contributed by atoms with van der Waals surface area (Å²) >= 11 is 1.62. The van der Waals surface area contributed by atoms with Gasteiger partial charge in [-0.15, -0.1) is 11.3 Å². The average molecular weight is 239 g/mol. The molecule has 3 N–H and O–H groups in total. The van der Waals surface area contributed by atoms with Crippen LogP contribution < -0.4 is 11.1 Å². The highest BCUT2D eigenvalue weighted by molar-refractivity contribution is 7.09. The summed E-state index contributed by atoms with van der Waals surface area (Å²) in [4.78, 5) is 15.9. The lowest BCUT2D eigenvalue weighted by Crippen LogP contribution is -2.31. The lowest BCUT2D eigenvalue weighted by Gasteiger charge is -2.09. The summed E-state index contributed by atoms with van der Waals surface area (Å²) in [5.41, 5.74) is 5.78. The Hall–Kier alpha value is -0.940. The predicted octanol–water partition coefficient (Wildman–Crippen LogP) is 0.929. The van der Waals surface area contributed by atoms with Gasteiger partial charge in [0.1, 0.15) is 0 Å². The molecule has 1 saturated carbocycles. The van der Waals surface area contributed by atoms with Crippen LogP contribution in [0.25, 0.3) is 0 Å². The van der Waals surface area contributed by atoms with E-state index in [1.54, 1.807) is 17.5 Å². The molecule has 1 amide bonds. The summed E-state index contributed by atoms with van der Waals surface area (Å²) in [6, 6.07) is 0.217. The van der Waals surface area contributed by atoms with Crippen molar-refractivity contribution >= 4 is 17.2 Å². The Kier molecular flexibility index (Phi) is 3.90. The van der Waals surface area contributed by atoms with E-state index < -0.39 is 0 Å². The van der Waals surface area contributed by atoms with Crippen molar-refractivity contribution in [2.45, 2.75) is 31.7 Å². The van der Waals surface area contributed by atoms with Gasteiger partial charge in [0.2, 0.25) is 5.91 Å². The molecular weight excluding hydrogens is 222 g/mol. The maximum Gasteiger partial charge on any atom is 0.223 e. The Bertz CT molecular complexity index is 339. The van der Waals surface area contributed by atoms with Gasteiger partial charge in [0.25, 0.3) is 0 Å². The van der Waals surface area contributed by atoms with E-state index in [0.717, 1.165) is 30.7 Å². The van der Waals surface area contributed by atoms with Crippen LogP contribution in [0, 0.1) is 5.92 Å². The minimum absolute atomic E-state index is 0.131. The molecule has 1 heterocycles.